The van der Waals surface area contributed by atoms with Crippen molar-refractivity contribution >= 4 is 5.78 Å². The summed E-state index contributed by atoms with van der Waals surface area (Å²) in [5, 5.41) is 11.8. The van der Waals surface area contributed by atoms with E-state index in [1.165, 1.54) is 22.3 Å². The SMILES string of the molecule is CC#C[C@]1(O)CC[C@@]2(N)[C@@H]3OCC4=CC(=O)CCC4=C3C(c3ccc(C(C)C)cc3)C[C@@]21C. The van der Waals surface area contributed by atoms with Crippen molar-refractivity contribution in [2.24, 2.45) is 11.1 Å². The van der Waals surface area contributed by atoms with Crippen LogP contribution in [0.3, 0.4) is 0 Å². The third kappa shape index (κ3) is 3.13. The Balaban J connectivity index is 1.71. The fraction of sp³-hybridized carbons (Fsp3) is 0.552. The van der Waals surface area contributed by atoms with Gasteiger partial charge in [-0.1, -0.05) is 51.0 Å². The summed E-state index contributed by atoms with van der Waals surface area (Å²) in [5.41, 5.74) is 10.8. The monoisotopic (exact) mass is 445 g/mol. The molecule has 3 aliphatic carbocycles. The summed E-state index contributed by atoms with van der Waals surface area (Å²) in [5.74, 6) is 6.80. The van der Waals surface area contributed by atoms with Crippen molar-refractivity contribution in [3.05, 3.63) is 58.2 Å². The maximum absolute atomic E-state index is 12.2. The zero-order chi connectivity index (χ0) is 23.6. The summed E-state index contributed by atoms with van der Waals surface area (Å²) < 4.78 is 6.50. The first-order chi connectivity index (χ1) is 15.6. The number of fused-ring (bicyclic) bond motifs is 4. The van der Waals surface area contributed by atoms with Gasteiger partial charge in [0.25, 0.3) is 0 Å². The third-order valence-electron chi connectivity index (χ3n) is 9.01. The number of carbonyl (C=O) groups is 1. The first-order valence-corrected chi connectivity index (χ1v) is 12.3. The molecule has 5 atom stereocenters. The quantitative estimate of drug-likeness (QED) is 0.656. The Bertz CT molecular complexity index is 1120. The maximum atomic E-state index is 12.2. The molecule has 3 N–H and O–H groups in total. The smallest absolute Gasteiger partial charge is 0.156 e. The Hall–Kier alpha value is -2.19. The summed E-state index contributed by atoms with van der Waals surface area (Å²) in [4.78, 5) is 12.2. The Kier molecular flexibility index (Phi) is 5.25. The van der Waals surface area contributed by atoms with Gasteiger partial charge in [0.05, 0.1) is 18.2 Å². The first-order valence-electron chi connectivity index (χ1n) is 12.3. The molecule has 0 amide bonds. The van der Waals surface area contributed by atoms with Crippen molar-refractivity contribution in [1.29, 1.82) is 0 Å². The van der Waals surface area contributed by atoms with E-state index in [0.29, 0.717) is 38.2 Å². The van der Waals surface area contributed by atoms with Gasteiger partial charge in [0.1, 0.15) is 5.60 Å². The van der Waals surface area contributed by atoms with E-state index in [0.717, 1.165) is 12.0 Å². The number of rotatable bonds is 2. The van der Waals surface area contributed by atoms with Gasteiger partial charge in [-0.3, -0.25) is 4.79 Å². The van der Waals surface area contributed by atoms with Crippen molar-refractivity contribution in [3.63, 3.8) is 0 Å². The van der Waals surface area contributed by atoms with Gasteiger partial charge in [-0.25, -0.2) is 0 Å². The zero-order valence-electron chi connectivity index (χ0n) is 20.2. The molecule has 174 valence electrons. The van der Waals surface area contributed by atoms with E-state index < -0.39 is 16.6 Å². The Labute approximate surface area is 197 Å². The highest BCUT2D eigenvalue weighted by Crippen LogP contribution is 2.65. The molecule has 0 spiro atoms. The van der Waals surface area contributed by atoms with Crippen LogP contribution in [0.25, 0.3) is 0 Å². The normalized spacial score (nSPS) is 37.7. The topological polar surface area (TPSA) is 72.6 Å². The second-order valence-corrected chi connectivity index (χ2v) is 10.9. The molecule has 2 saturated carbocycles. The number of ketones is 1. The van der Waals surface area contributed by atoms with E-state index in [9.17, 15) is 9.90 Å². The summed E-state index contributed by atoms with van der Waals surface area (Å²) in [7, 11) is 0. The summed E-state index contributed by atoms with van der Waals surface area (Å²) in [6.45, 7) is 8.70. The average Bonchev–Trinajstić information content (AvgIpc) is 2.99. The van der Waals surface area contributed by atoms with E-state index in [1.54, 1.807) is 13.0 Å². The number of hydrogen-bond acceptors (Lipinski definition) is 4. The minimum Gasteiger partial charge on any atom is -0.377 e. The molecule has 4 aliphatic rings. The lowest BCUT2D eigenvalue weighted by molar-refractivity contribution is -0.115. The first kappa shape index (κ1) is 22.6. The fourth-order valence-electron chi connectivity index (χ4n) is 6.90. The molecule has 2 fully saturated rings. The van der Waals surface area contributed by atoms with E-state index in [2.05, 4.69) is 56.9 Å². The molecule has 0 radical (unpaired) electrons. The lowest BCUT2D eigenvalue weighted by atomic mass is 9.52. The average molecular weight is 446 g/mol. The van der Waals surface area contributed by atoms with Gasteiger partial charge >= 0.3 is 0 Å². The predicted octanol–water partition coefficient (Wildman–Crippen LogP) is 4.53. The second-order valence-electron chi connectivity index (χ2n) is 10.9. The van der Waals surface area contributed by atoms with Crippen LogP contribution in [0.15, 0.2) is 47.1 Å². The molecular formula is C29H35NO3. The van der Waals surface area contributed by atoms with Crippen molar-refractivity contribution in [3.8, 4) is 11.8 Å². The number of ether oxygens (including phenoxy) is 1. The number of carbonyl (C=O) groups excluding carboxylic acids is 1. The molecule has 1 aliphatic heterocycles. The molecule has 5 rings (SSSR count). The predicted molar refractivity (Wildman–Crippen MR) is 130 cm³/mol. The van der Waals surface area contributed by atoms with Crippen LogP contribution in [0.2, 0.25) is 0 Å². The van der Waals surface area contributed by atoms with Crippen LogP contribution in [-0.4, -0.2) is 34.7 Å². The molecule has 4 nitrogen and oxygen atoms in total. The van der Waals surface area contributed by atoms with E-state index in [4.69, 9.17) is 10.5 Å². The molecule has 1 unspecified atom stereocenters. The molecule has 0 aromatic heterocycles. The van der Waals surface area contributed by atoms with Crippen LogP contribution in [-0.2, 0) is 9.53 Å². The van der Waals surface area contributed by atoms with Crippen LogP contribution in [0.1, 0.15) is 82.8 Å². The number of hydrogen-bond donors (Lipinski definition) is 2. The van der Waals surface area contributed by atoms with Gasteiger partial charge in [0.2, 0.25) is 0 Å². The highest BCUT2D eigenvalue weighted by Gasteiger charge is 2.70. The largest absolute Gasteiger partial charge is 0.377 e. The Morgan fingerprint density at radius 2 is 1.91 bits per heavy atom. The molecular weight excluding hydrogens is 410 g/mol. The van der Waals surface area contributed by atoms with Gasteiger partial charge in [-0.05, 0) is 72.4 Å². The minimum absolute atomic E-state index is 0.0630. The molecule has 4 heteroatoms. The molecule has 33 heavy (non-hydrogen) atoms. The second kappa shape index (κ2) is 7.67. The Morgan fingerprint density at radius 1 is 1.18 bits per heavy atom. The zero-order valence-corrected chi connectivity index (χ0v) is 20.2. The maximum Gasteiger partial charge on any atom is 0.156 e. The molecule has 0 saturated heterocycles. The van der Waals surface area contributed by atoms with Crippen LogP contribution >= 0.6 is 0 Å². The van der Waals surface area contributed by atoms with Crippen LogP contribution in [0.4, 0.5) is 0 Å². The lowest BCUT2D eigenvalue weighted by Crippen LogP contribution is -2.69. The van der Waals surface area contributed by atoms with Crippen molar-refractivity contribution in [2.75, 3.05) is 6.61 Å². The van der Waals surface area contributed by atoms with E-state index in [-0.39, 0.29) is 17.8 Å². The third-order valence-corrected chi connectivity index (χ3v) is 9.01. The molecule has 1 heterocycles. The van der Waals surface area contributed by atoms with Gasteiger partial charge < -0.3 is 15.6 Å². The minimum atomic E-state index is -1.15. The number of nitrogens with two attached hydrogens (primary N) is 1. The van der Waals surface area contributed by atoms with Crippen LogP contribution < -0.4 is 5.73 Å². The number of aliphatic hydroxyl groups is 1. The van der Waals surface area contributed by atoms with Crippen LogP contribution in [0.5, 0.6) is 0 Å². The lowest BCUT2D eigenvalue weighted by Gasteiger charge is -2.58. The van der Waals surface area contributed by atoms with Crippen molar-refractivity contribution in [1.82, 2.24) is 0 Å². The summed E-state index contributed by atoms with van der Waals surface area (Å²) >= 11 is 0. The molecule has 0 bridgehead atoms. The van der Waals surface area contributed by atoms with Gasteiger partial charge in [0.15, 0.2) is 5.78 Å². The number of allylic oxidation sites excluding steroid dienone is 1. The van der Waals surface area contributed by atoms with E-state index in [1.807, 2.05) is 0 Å². The fourth-order valence-corrected chi connectivity index (χ4v) is 6.90. The van der Waals surface area contributed by atoms with Crippen LogP contribution in [0, 0.1) is 17.3 Å². The highest BCUT2D eigenvalue weighted by atomic mass is 16.5. The number of benzene rings is 1. The molecule has 1 aromatic rings. The van der Waals surface area contributed by atoms with Gasteiger partial charge in [0, 0.05) is 17.8 Å². The van der Waals surface area contributed by atoms with Crippen molar-refractivity contribution < 1.29 is 14.6 Å². The van der Waals surface area contributed by atoms with Gasteiger partial charge in [-0.2, -0.15) is 0 Å². The summed E-state index contributed by atoms with van der Waals surface area (Å²) in [6, 6.07) is 8.88. The van der Waals surface area contributed by atoms with Crippen molar-refractivity contribution in [2.45, 2.75) is 88.9 Å². The van der Waals surface area contributed by atoms with Gasteiger partial charge in [-0.15, -0.1) is 5.92 Å². The standard InChI is InChI=1S/C29H35NO3/c1-5-12-28(32)13-14-29(30)26-25(23-11-10-22(31)15-21(23)17-33-26)24(16-27(28,29)4)20-8-6-19(7-9-20)18(2)3/h6-9,15,18,24,26,32H,10-11,13-14,16-17,30H2,1-4H3/t24?,26-,27-,28+,29-/m1/s1. The molecule has 1 aromatic carbocycles. The summed E-state index contributed by atoms with van der Waals surface area (Å²) in [6.07, 6.45) is 4.66. The Morgan fingerprint density at radius 3 is 2.58 bits per heavy atom. The van der Waals surface area contributed by atoms with E-state index >= 15 is 0 Å². The highest BCUT2D eigenvalue weighted by molar-refractivity contribution is 5.93.